The van der Waals surface area contributed by atoms with Crippen LogP contribution in [0.2, 0.25) is 10.0 Å². The minimum absolute atomic E-state index is 0.556. The van der Waals surface area contributed by atoms with Crippen molar-refractivity contribution in [3.8, 4) is 11.6 Å². The van der Waals surface area contributed by atoms with E-state index in [9.17, 15) is 0 Å². The minimum Gasteiger partial charge on any atom is -0.439 e. The number of aryl methyl sites for hydroxylation is 3. The number of benzene rings is 1. The molecule has 1 aromatic carbocycles. The molecule has 0 spiro atoms. The van der Waals surface area contributed by atoms with Gasteiger partial charge in [-0.3, -0.25) is 0 Å². The van der Waals surface area contributed by atoms with Crippen molar-refractivity contribution in [1.29, 1.82) is 0 Å². The van der Waals surface area contributed by atoms with E-state index in [4.69, 9.17) is 27.9 Å². The average molecular weight is 374 g/mol. The molecule has 6 heteroatoms. The van der Waals surface area contributed by atoms with Gasteiger partial charge < -0.3 is 4.74 Å². The van der Waals surface area contributed by atoms with Crippen LogP contribution in [0.3, 0.4) is 0 Å². The van der Waals surface area contributed by atoms with Gasteiger partial charge >= 0.3 is 0 Å². The predicted molar refractivity (Wildman–Crippen MR) is 99.6 cm³/mol. The highest BCUT2D eigenvalue weighted by Crippen LogP contribution is 2.22. The lowest BCUT2D eigenvalue weighted by atomic mass is 10.1. The first-order valence-electron chi connectivity index (χ1n) is 7.96. The van der Waals surface area contributed by atoms with Gasteiger partial charge in [0.1, 0.15) is 12.1 Å². The van der Waals surface area contributed by atoms with Gasteiger partial charge in [0, 0.05) is 17.3 Å². The molecule has 0 aliphatic heterocycles. The number of hydrogen-bond donors (Lipinski definition) is 0. The number of aromatic nitrogens is 3. The van der Waals surface area contributed by atoms with Crippen LogP contribution >= 0.6 is 23.2 Å². The molecule has 0 saturated heterocycles. The summed E-state index contributed by atoms with van der Waals surface area (Å²) < 4.78 is 5.69. The Labute approximate surface area is 156 Å². The van der Waals surface area contributed by atoms with Gasteiger partial charge in [0.25, 0.3) is 0 Å². The molecule has 0 N–H and O–H groups in total. The molecule has 3 rings (SSSR count). The van der Waals surface area contributed by atoms with Gasteiger partial charge in [0.15, 0.2) is 0 Å². The molecular weight excluding hydrogens is 357 g/mol. The maximum Gasteiger partial charge on any atom is 0.219 e. The molecule has 0 radical (unpaired) electrons. The maximum absolute atomic E-state index is 6.22. The molecule has 0 bridgehead atoms. The second kappa shape index (κ2) is 8.28. The van der Waals surface area contributed by atoms with Crippen LogP contribution in [-0.2, 0) is 12.8 Å². The van der Waals surface area contributed by atoms with E-state index >= 15 is 0 Å². The van der Waals surface area contributed by atoms with Crippen molar-refractivity contribution in [3.05, 3.63) is 75.9 Å². The van der Waals surface area contributed by atoms with E-state index in [2.05, 4.69) is 15.0 Å². The third-order valence-corrected chi connectivity index (χ3v) is 4.49. The van der Waals surface area contributed by atoms with Crippen LogP contribution < -0.4 is 4.74 Å². The fourth-order valence-corrected chi connectivity index (χ4v) is 2.70. The Balaban J connectivity index is 1.54. The molecule has 128 valence electrons. The van der Waals surface area contributed by atoms with Gasteiger partial charge in [0.05, 0.1) is 16.4 Å². The summed E-state index contributed by atoms with van der Waals surface area (Å²) in [6.45, 7) is 1.89. The van der Waals surface area contributed by atoms with Crippen molar-refractivity contribution in [3.63, 3.8) is 0 Å². The number of nitrogens with zero attached hydrogens (tertiary/aromatic N) is 3. The zero-order valence-electron chi connectivity index (χ0n) is 13.7. The highest BCUT2D eigenvalue weighted by molar-refractivity contribution is 6.31. The van der Waals surface area contributed by atoms with Crippen molar-refractivity contribution < 1.29 is 4.74 Å². The Kier molecular flexibility index (Phi) is 5.84. The lowest BCUT2D eigenvalue weighted by Gasteiger charge is -2.07. The van der Waals surface area contributed by atoms with Gasteiger partial charge in [-0.15, -0.1) is 0 Å². The average Bonchev–Trinajstić information content (AvgIpc) is 2.62. The Morgan fingerprint density at radius 1 is 0.920 bits per heavy atom. The van der Waals surface area contributed by atoms with Crippen LogP contribution in [0.25, 0.3) is 0 Å². The van der Waals surface area contributed by atoms with Crippen molar-refractivity contribution in [1.82, 2.24) is 15.0 Å². The van der Waals surface area contributed by atoms with Gasteiger partial charge in [-0.25, -0.2) is 15.0 Å². The maximum atomic E-state index is 6.22. The molecule has 25 heavy (non-hydrogen) atoms. The molecule has 2 heterocycles. The lowest BCUT2D eigenvalue weighted by Crippen LogP contribution is -1.98. The van der Waals surface area contributed by atoms with Crippen molar-refractivity contribution >= 4 is 23.2 Å². The Hall–Kier alpha value is -2.17. The highest BCUT2D eigenvalue weighted by Gasteiger charge is 2.06. The molecule has 0 unspecified atom stereocenters. The third kappa shape index (κ3) is 4.91. The highest BCUT2D eigenvalue weighted by atomic mass is 35.5. The molecular formula is C19H17Cl2N3O. The number of hydrogen-bond acceptors (Lipinski definition) is 4. The summed E-state index contributed by atoms with van der Waals surface area (Å²) in [6.07, 6.45) is 6.03. The van der Waals surface area contributed by atoms with E-state index in [-0.39, 0.29) is 0 Å². The first-order valence-corrected chi connectivity index (χ1v) is 8.72. The van der Waals surface area contributed by atoms with Crippen LogP contribution in [0.4, 0.5) is 0 Å². The first kappa shape index (κ1) is 17.6. The predicted octanol–water partition coefficient (Wildman–Crippen LogP) is 5.45. The van der Waals surface area contributed by atoms with E-state index in [0.29, 0.717) is 21.7 Å². The molecule has 0 atom stereocenters. The normalized spacial score (nSPS) is 10.7. The van der Waals surface area contributed by atoms with E-state index < -0.39 is 0 Å². The van der Waals surface area contributed by atoms with Crippen molar-refractivity contribution in [2.75, 3.05) is 0 Å². The molecule has 0 aliphatic rings. The topological polar surface area (TPSA) is 47.9 Å². The van der Waals surface area contributed by atoms with E-state index in [1.165, 1.54) is 0 Å². The van der Waals surface area contributed by atoms with E-state index in [1.54, 1.807) is 18.5 Å². The molecule has 0 saturated carbocycles. The number of pyridine rings is 1. The fraction of sp³-hybridized carbons (Fsp3) is 0.211. The SMILES string of the molecule is Cc1ncnc(CCCc2ccc(Oc3ccc(Cl)cc3)nc2)c1Cl. The summed E-state index contributed by atoms with van der Waals surface area (Å²) in [5.74, 6) is 1.26. The quantitative estimate of drug-likeness (QED) is 0.575. The van der Waals surface area contributed by atoms with Crippen LogP contribution in [-0.4, -0.2) is 15.0 Å². The van der Waals surface area contributed by atoms with Crippen LogP contribution in [0.5, 0.6) is 11.6 Å². The zero-order valence-corrected chi connectivity index (χ0v) is 15.3. The Morgan fingerprint density at radius 2 is 1.72 bits per heavy atom. The third-order valence-electron chi connectivity index (χ3n) is 3.75. The summed E-state index contributed by atoms with van der Waals surface area (Å²) in [5.41, 5.74) is 2.85. The first-order chi connectivity index (χ1) is 12.1. The second-order valence-electron chi connectivity index (χ2n) is 5.63. The van der Waals surface area contributed by atoms with Gasteiger partial charge in [-0.1, -0.05) is 29.3 Å². The van der Waals surface area contributed by atoms with Crippen LogP contribution in [0.15, 0.2) is 48.9 Å². The van der Waals surface area contributed by atoms with Crippen molar-refractivity contribution in [2.24, 2.45) is 0 Å². The Morgan fingerprint density at radius 3 is 2.44 bits per heavy atom. The summed E-state index contributed by atoms with van der Waals surface area (Å²) >= 11 is 12.1. The number of ether oxygens (including phenoxy) is 1. The number of rotatable bonds is 6. The van der Waals surface area contributed by atoms with Gasteiger partial charge in [-0.05, 0) is 56.0 Å². The summed E-state index contributed by atoms with van der Waals surface area (Å²) in [4.78, 5) is 12.7. The minimum atomic E-state index is 0.556. The van der Waals surface area contributed by atoms with Gasteiger partial charge in [-0.2, -0.15) is 0 Å². The zero-order chi connectivity index (χ0) is 17.6. The second-order valence-corrected chi connectivity index (χ2v) is 6.45. The monoisotopic (exact) mass is 373 g/mol. The van der Waals surface area contributed by atoms with Crippen LogP contribution in [0, 0.1) is 6.92 Å². The molecule has 0 fully saturated rings. The smallest absolute Gasteiger partial charge is 0.219 e. The van der Waals surface area contributed by atoms with E-state index in [0.717, 1.165) is 36.2 Å². The molecule has 2 aromatic heterocycles. The molecule has 0 amide bonds. The molecule has 4 nitrogen and oxygen atoms in total. The Bertz CT molecular complexity index is 836. The lowest BCUT2D eigenvalue weighted by molar-refractivity contribution is 0.462. The summed E-state index contributed by atoms with van der Waals surface area (Å²) in [6, 6.07) is 11.1. The molecule has 0 aliphatic carbocycles. The molecule has 3 aromatic rings. The number of halogens is 2. The summed E-state index contributed by atoms with van der Waals surface area (Å²) in [7, 11) is 0. The fourth-order valence-electron chi connectivity index (χ4n) is 2.38. The summed E-state index contributed by atoms with van der Waals surface area (Å²) in [5, 5.41) is 1.34. The van der Waals surface area contributed by atoms with Crippen LogP contribution in [0.1, 0.15) is 23.4 Å². The van der Waals surface area contributed by atoms with E-state index in [1.807, 2.05) is 37.4 Å². The largest absolute Gasteiger partial charge is 0.439 e. The van der Waals surface area contributed by atoms with Crippen molar-refractivity contribution in [2.45, 2.75) is 26.2 Å². The standard InChI is InChI=1S/C19H17Cl2N3O/c1-13-19(21)17(24-12-23-13)4-2-3-14-5-10-18(22-11-14)25-16-8-6-15(20)7-9-16/h5-12H,2-4H2,1H3. The van der Waals surface area contributed by atoms with Gasteiger partial charge in [0.2, 0.25) is 5.88 Å².